The predicted octanol–water partition coefficient (Wildman–Crippen LogP) is 0.339. The van der Waals surface area contributed by atoms with Crippen LogP contribution in [-0.4, -0.2) is 20.6 Å². The number of hydrogen-bond donors (Lipinski definition) is 1. The zero-order valence-electron chi connectivity index (χ0n) is 6.61. The molecule has 0 aliphatic carbocycles. The molecule has 62 valence electrons. The third kappa shape index (κ3) is 2.13. The molecule has 0 aliphatic rings. The van der Waals surface area contributed by atoms with E-state index in [1.165, 1.54) is 0 Å². The third-order valence-corrected chi connectivity index (χ3v) is 1.30. The van der Waals surface area contributed by atoms with Crippen molar-refractivity contribution in [3.05, 3.63) is 18.2 Å². The lowest BCUT2D eigenvalue weighted by Crippen LogP contribution is -1.88. The SMILES string of the molecule is CCn1cnc(C#CC(=O)O)c1. The van der Waals surface area contributed by atoms with Crippen LogP contribution in [0.5, 0.6) is 0 Å². The Balaban J connectivity index is 2.78. The summed E-state index contributed by atoms with van der Waals surface area (Å²) in [7, 11) is 0. The van der Waals surface area contributed by atoms with Gasteiger partial charge in [0.25, 0.3) is 0 Å². The number of rotatable bonds is 1. The maximum Gasteiger partial charge on any atom is 0.382 e. The average molecular weight is 164 g/mol. The van der Waals surface area contributed by atoms with E-state index in [0.717, 1.165) is 6.54 Å². The zero-order chi connectivity index (χ0) is 8.97. The van der Waals surface area contributed by atoms with E-state index in [1.807, 2.05) is 17.4 Å². The van der Waals surface area contributed by atoms with Crippen LogP contribution in [0.4, 0.5) is 0 Å². The number of carbonyl (C=O) groups is 1. The molecule has 0 amide bonds. The van der Waals surface area contributed by atoms with Gasteiger partial charge in [-0.1, -0.05) is 0 Å². The van der Waals surface area contributed by atoms with E-state index in [2.05, 4.69) is 10.9 Å². The molecule has 12 heavy (non-hydrogen) atoms. The summed E-state index contributed by atoms with van der Waals surface area (Å²) in [6.45, 7) is 2.78. The summed E-state index contributed by atoms with van der Waals surface area (Å²) in [5, 5.41) is 8.23. The largest absolute Gasteiger partial charge is 0.472 e. The highest BCUT2D eigenvalue weighted by Gasteiger charge is 1.92. The minimum atomic E-state index is -1.14. The molecule has 1 N–H and O–H groups in total. The van der Waals surface area contributed by atoms with Gasteiger partial charge in [0.15, 0.2) is 0 Å². The van der Waals surface area contributed by atoms with Crippen molar-refractivity contribution in [2.75, 3.05) is 0 Å². The minimum absolute atomic E-state index is 0.485. The number of aromatic nitrogens is 2. The van der Waals surface area contributed by atoms with Crippen molar-refractivity contribution in [1.82, 2.24) is 9.55 Å². The van der Waals surface area contributed by atoms with Crippen molar-refractivity contribution in [1.29, 1.82) is 0 Å². The molecule has 0 aliphatic heterocycles. The lowest BCUT2D eigenvalue weighted by molar-refractivity contribution is -0.130. The Morgan fingerprint density at radius 3 is 3.08 bits per heavy atom. The summed E-state index contributed by atoms with van der Waals surface area (Å²) in [5.41, 5.74) is 0.485. The summed E-state index contributed by atoms with van der Waals surface area (Å²) in [6.07, 6.45) is 3.32. The maximum atomic E-state index is 10.0. The van der Waals surface area contributed by atoms with Gasteiger partial charge in [-0.15, -0.1) is 0 Å². The first-order valence-corrected chi connectivity index (χ1v) is 3.49. The van der Waals surface area contributed by atoms with Crippen molar-refractivity contribution in [2.45, 2.75) is 13.5 Å². The average Bonchev–Trinajstić information content (AvgIpc) is 2.48. The van der Waals surface area contributed by atoms with Crippen molar-refractivity contribution < 1.29 is 9.90 Å². The van der Waals surface area contributed by atoms with E-state index in [4.69, 9.17) is 5.11 Å². The van der Waals surface area contributed by atoms with Gasteiger partial charge in [-0.3, -0.25) is 0 Å². The van der Waals surface area contributed by atoms with Gasteiger partial charge < -0.3 is 9.67 Å². The van der Waals surface area contributed by atoms with Crippen LogP contribution < -0.4 is 0 Å². The second-order valence-electron chi connectivity index (χ2n) is 2.14. The van der Waals surface area contributed by atoms with E-state index >= 15 is 0 Å². The van der Waals surface area contributed by atoms with Gasteiger partial charge in [0.05, 0.1) is 6.33 Å². The van der Waals surface area contributed by atoms with Crippen LogP contribution in [0.25, 0.3) is 0 Å². The van der Waals surface area contributed by atoms with Crippen LogP contribution in [0.15, 0.2) is 12.5 Å². The van der Waals surface area contributed by atoms with Gasteiger partial charge in [-0.25, -0.2) is 9.78 Å². The Kier molecular flexibility index (Phi) is 2.49. The molecular formula is C8H8N2O2. The Hall–Kier alpha value is -1.76. The highest BCUT2D eigenvalue weighted by molar-refractivity contribution is 5.87. The quantitative estimate of drug-likeness (QED) is 0.609. The van der Waals surface area contributed by atoms with Gasteiger partial charge in [0.2, 0.25) is 0 Å². The fourth-order valence-electron chi connectivity index (χ4n) is 0.715. The molecule has 1 heterocycles. The number of aryl methyl sites for hydroxylation is 1. The second kappa shape index (κ2) is 3.58. The Morgan fingerprint density at radius 1 is 1.83 bits per heavy atom. The van der Waals surface area contributed by atoms with E-state index in [0.29, 0.717) is 5.69 Å². The Morgan fingerprint density at radius 2 is 2.58 bits per heavy atom. The highest BCUT2D eigenvalue weighted by atomic mass is 16.4. The number of nitrogens with zero attached hydrogens (tertiary/aromatic N) is 2. The standard InChI is InChI=1S/C8H8N2O2/c1-2-10-5-7(9-6-10)3-4-8(11)12/h5-6H,2H2,1H3,(H,11,12). The van der Waals surface area contributed by atoms with Crippen LogP contribution in [-0.2, 0) is 11.3 Å². The molecule has 0 bridgehead atoms. The molecule has 0 unspecified atom stereocenters. The maximum absolute atomic E-state index is 10.0. The van der Waals surface area contributed by atoms with Crippen LogP contribution in [0.3, 0.4) is 0 Å². The van der Waals surface area contributed by atoms with Gasteiger partial charge in [0.1, 0.15) is 5.69 Å². The number of carboxylic acids is 1. The van der Waals surface area contributed by atoms with Crippen molar-refractivity contribution in [2.24, 2.45) is 0 Å². The fraction of sp³-hybridized carbons (Fsp3) is 0.250. The monoisotopic (exact) mass is 164 g/mol. The normalized spacial score (nSPS) is 8.75. The molecule has 0 saturated carbocycles. The van der Waals surface area contributed by atoms with Crippen molar-refractivity contribution >= 4 is 5.97 Å². The first-order valence-electron chi connectivity index (χ1n) is 3.49. The number of carboxylic acid groups (broad SMARTS) is 1. The zero-order valence-corrected chi connectivity index (χ0v) is 6.61. The van der Waals surface area contributed by atoms with E-state index in [9.17, 15) is 4.79 Å². The topological polar surface area (TPSA) is 55.1 Å². The Bertz CT molecular complexity index is 343. The van der Waals surface area contributed by atoms with Crippen LogP contribution in [0, 0.1) is 11.8 Å². The van der Waals surface area contributed by atoms with Crippen LogP contribution in [0.1, 0.15) is 12.6 Å². The Labute approximate surface area is 69.8 Å². The fourth-order valence-corrected chi connectivity index (χ4v) is 0.715. The van der Waals surface area contributed by atoms with Crippen LogP contribution in [0.2, 0.25) is 0 Å². The molecule has 0 fully saturated rings. The summed E-state index contributed by atoms with van der Waals surface area (Å²) in [5.74, 6) is 3.27. The molecule has 4 heteroatoms. The van der Waals surface area contributed by atoms with Gasteiger partial charge in [0, 0.05) is 18.7 Å². The smallest absolute Gasteiger partial charge is 0.382 e. The van der Waals surface area contributed by atoms with Crippen LogP contribution >= 0.6 is 0 Å². The predicted molar refractivity (Wildman–Crippen MR) is 42.4 cm³/mol. The minimum Gasteiger partial charge on any atom is -0.472 e. The van der Waals surface area contributed by atoms with E-state index in [1.54, 1.807) is 12.5 Å². The molecule has 1 rings (SSSR count). The van der Waals surface area contributed by atoms with E-state index < -0.39 is 5.97 Å². The lowest BCUT2D eigenvalue weighted by atomic mass is 10.4. The third-order valence-electron chi connectivity index (χ3n) is 1.30. The van der Waals surface area contributed by atoms with E-state index in [-0.39, 0.29) is 0 Å². The molecule has 0 radical (unpaired) electrons. The summed E-state index contributed by atoms with van der Waals surface area (Å²) in [6, 6.07) is 0. The summed E-state index contributed by atoms with van der Waals surface area (Å²) >= 11 is 0. The van der Waals surface area contributed by atoms with Crippen molar-refractivity contribution in [3.63, 3.8) is 0 Å². The summed E-state index contributed by atoms with van der Waals surface area (Å²) < 4.78 is 1.83. The van der Waals surface area contributed by atoms with Crippen molar-refractivity contribution in [3.8, 4) is 11.8 Å². The number of aliphatic carboxylic acids is 1. The van der Waals surface area contributed by atoms with Gasteiger partial charge >= 0.3 is 5.97 Å². The molecule has 1 aromatic heterocycles. The molecular weight excluding hydrogens is 156 g/mol. The lowest BCUT2D eigenvalue weighted by Gasteiger charge is -1.88. The van der Waals surface area contributed by atoms with Gasteiger partial charge in [-0.05, 0) is 12.8 Å². The molecule has 4 nitrogen and oxygen atoms in total. The van der Waals surface area contributed by atoms with Gasteiger partial charge in [-0.2, -0.15) is 0 Å². The highest BCUT2D eigenvalue weighted by Crippen LogP contribution is 1.92. The molecule has 0 aromatic carbocycles. The first kappa shape index (κ1) is 8.34. The summed E-state index contributed by atoms with van der Waals surface area (Å²) in [4.78, 5) is 13.9. The second-order valence-corrected chi connectivity index (χ2v) is 2.14. The molecule has 0 spiro atoms. The molecule has 1 aromatic rings. The number of hydrogen-bond acceptors (Lipinski definition) is 2. The molecule has 0 saturated heterocycles. The molecule has 0 atom stereocenters. The number of imidazole rings is 1. The first-order chi connectivity index (χ1) is 5.72.